The van der Waals surface area contributed by atoms with Gasteiger partial charge in [-0.25, -0.2) is 4.79 Å². The van der Waals surface area contributed by atoms with Crippen LogP contribution in [0.25, 0.3) is 0 Å². The maximum absolute atomic E-state index is 11.8. The molecule has 0 aromatic heterocycles. The molecule has 0 bridgehead atoms. The largest absolute Gasteiger partial charge is 0.480 e. The number of aliphatic carboxylic acids is 1. The molecule has 26 heavy (non-hydrogen) atoms. The standard InChI is InChI=1S/C22H18ClNO2/c23-19-13-11-16(12-14-19)15-20(22(25)26)24-21(17-7-3-1-4-8-17)18-9-5-2-6-10-18/h1-14,20H,15H2,(H,25,26). The summed E-state index contributed by atoms with van der Waals surface area (Å²) in [5.41, 5.74) is 3.33. The molecule has 0 aliphatic heterocycles. The van der Waals surface area contributed by atoms with Gasteiger partial charge in [-0.3, -0.25) is 4.99 Å². The third kappa shape index (κ3) is 4.58. The van der Waals surface area contributed by atoms with Crippen molar-refractivity contribution in [3.8, 4) is 0 Å². The van der Waals surface area contributed by atoms with E-state index in [1.807, 2.05) is 72.8 Å². The number of hydrogen-bond donors (Lipinski definition) is 1. The number of hydrogen-bond acceptors (Lipinski definition) is 2. The van der Waals surface area contributed by atoms with E-state index in [-0.39, 0.29) is 0 Å². The third-order valence-electron chi connectivity index (χ3n) is 4.01. The van der Waals surface area contributed by atoms with Gasteiger partial charge >= 0.3 is 5.97 Å². The fraction of sp³-hybridized carbons (Fsp3) is 0.0909. The van der Waals surface area contributed by atoms with Crippen molar-refractivity contribution in [1.82, 2.24) is 0 Å². The first-order valence-corrected chi connectivity index (χ1v) is 8.67. The number of aliphatic imine (C=N–C) groups is 1. The maximum atomic E-state index is 11.8. The summed E-state index contributed by atoms with van der Waals surface area (Å²) in [6.07, 6.45) is 0.301. The van der Waals surface area contributed by atoms with Gasteiger partial charge in [-0.2, -0.15) is 0 Å². The van der Waals surface area contributed by atoms with E-state index < -0.39 is 12.0 Å². The van der Waals surface area contributed by atoms with Gasteiger partial charge in [0.25, 0.3) is 0 Å². The lowest BCUT2D eigenvalue weighted by Gasteiger charge is -2.13. The van der Waals surface area contributed by atoms with Crippen molar-refractivity contribution >= 4 is 23.3 Å². The van der Waals surface area contributed by atoms with Crippen LogP contribution in [0.4, 0.5) is 0 Å². The van der Waals surface area contributed by atoms with Crippen molar-refractivity contribution in [2.24, 2.45) is 4.99 Å². The number of rotatable bonds is 6. The van der Waals surface area contributed by atoms with E-state index in [0.29, 0.717) is 17.2 Å². The summed E-state index contributed by atoms with van der Waals surface area (Å²) in [4.78, 5) is 16.5. The Bertz CT molecular complexity index is 849. The molecule has 3 aromatic carbocycles. The summed E-state index contributed by atoms with van der Waals surface area (Å²) in [7, 11) is 0. The van der Waals surface area contributed by atoms with Crippen LogP contribution < -0.4 is 0 Å². The molecule has 0 heterocycles. The highest BCUT2D eigenvalue weighted by Crippen LogP contribution is 2.16. The molecule has 0 saturated carbocycles. The van der Waals surface area contributed by atoms with Gasteiger partial charge in [0.2, 0.25) is 0 Å². The predicted molar refractivity (Wildman–Crippen MR) is 105 cm³/mol. The van der Waals surface area contributed by atoms with Gasteiger partial charge in [-0.15, -0.1) is 0 Å². The van der Waals surface area contributed by atoms with Crippen molar-refractivity contribution in [3.05, 3.63) is 107 Å². The first-order chi connectivity index (χ1) is 12.6. The molecule has 4 heteroatoms. The highest BCUT2D eigenvalue weighted by Gasteiger charge is 2.19. The second-order valence-corrected chi connectivity index (χ2v) is 6.33. The Morgan fingerprint density at radius 3 is 1.81 bits per heavy atom. The summed E-state index contributed by atoms with van der Waals surface area (Å²) in [6, 6.07) is 25.6. The fourth-order valence-electron chi connectivity index (χ4n) is 2.70. The second-order valence-electron chi connectivity index (χ2n) is 5.89. The number of nitrogens with zero attached hydrogens (tertiary/aromatic N) is 1. The Balaban J connectivity index is 2.00. The zero-order chi connectivity index (χ0) is 18.4. The zero-order valence-corrected chi connectivity index (χ0v) is 14.8. The monoisotopic (exact) mass is 363 g/mol. The molecule has 130 valence electrons. The topological polar surface area (TPSA) is 49.7 Å². The first-order valence-electron chi connectivity index (χ1n) is 8.29. The molecule has 1 unspecified atom stereocenters. The van der Waals surface area contributed by atoms with Gasteiger partial charge in [0.1, 0.15) is 0 Å². The molecular formula is C22H18ClNO2. The van der Waals surface area contributed by atoms with Crippen LogP contribution in [0.5, 0.6) is 0 Å². The summed E-state index contributed by atoms with van der Waals surface area (Å²) in [5, 5.41) is 10.3. The number of carboxylic acid groups (broad SMARTS) is 1. The van der Waals surface area contributed by atoms with Crippen LogP contribution in [0.1, 0.15) is 16.7 Å². The molecule has 3 rings (SSSR count). The Kier molecular flexibility index (Phi) is 5.82. The molecule has 0 aliphatic rings. The van der Waals surface area contributed by atoms with Crippen LogP contribution in [0.2, 0.25) is 5.02 Å². The minimum atomic E-state index is -0.954. The van der Waals surface area contributed by atoms with E-state index in [0.717, 1.165) is 16.7 Å². The van der Waals surface area contributed by atoms with Gasteiger partial charge in [0, 0.05) is 22.6 Å². The highest BCUT2D eigenvalue weighted by atomic mass is 35.5. The lowest BCUT2D eigenvalue weighted by Crippen LogP contribution is -2.23. The number of carboxylic acids is 1. The fourth-order valence-corrected chi connectivity index (χ4v) is 2.82. The number of benzene rings is 3. The number of carbonyl (C=O) groups is 1. The Labute approximate surface area is 157 Å². The SMILES string of the molecule is O=C(O)C(Cc1ccc(Cl)cc1)N=C(c1ccccc1)c1ccccc1. The molecule has 3 aromatic rings. The second kappa shape index (κ2) is 8.45. The van der Waals surface area contributed by atoms with Crippen LogP contribution in [0, 0.1) is 0 Å². The van der Waals surface area contributed by atoms with Gasteiger partial charge in [0.05, 0.1) is 5.71 Å². The smallest absolute Gasteiger partial charge is 0.328 e. The molecule has 0 saturated heterocycles. The minimum Gasteiger partial charge on any atom is -0.480 e. The normalized spacial score (nSPS) is 11.6. The lowest BCUT2D eigenvalue weighted by atomic mass is 10.0. The van der Waals surface area contributed by atoms with E-state index >= 15 is 0 Å². The van der Waals surface area contributed by atoms with E-state index in [1.165, 1.54) is 0 Å². The van der Waals surface area contributed by atoms with Crippen LogP contribution in [-0.4, -0.2) is 22.8 Å². The number of halogens is 1. The van der Waals surface area contributed by atoms with Crippen molar-refractivity contribution in [3.63, 3.8) is 0 Å². The maximum Gasteiger partial charge on any atom is 0.328 e. The van der Waals surface area contributed by atoms with Crippen LogP contribution in [0.3, 0.4) is 0 Å². The van der Waals surface area contributed by atoms with Crippen LogP contribution >= 0.6 is 11.6 Å². The minimum absolute atomic E-state index is 0.301. The predicted octanol–water partition coefficient (Wildman–Crippen LogP) is 4.87. The molecule has 0 amide bonds. The third-order valence-corrected chi connectivity index (χ3v) is 4.26. The average molecular weight is 364 g/mol. The Morgan fingerprint density at radius 2 is 1.35 bits per heavy atom. The molecule has 1 atom stereocenters. The summed E-state index contributed by atoms with van der Waals surface area (Å²) in [5.74, 6) is -0.954. The van der Waals surface area contributed by atoms with Gasteiger partial charge in [0.15, 0.2) is 6.04 Å². The van der Waals surface area contributed by atoms with Gasteiger partial charge in [-0.1, -0.05) is 84.4 Å². The van der Waals surface area contributed by atoms with Crippen molar-refractivity contribution in [2.75, 3.05) is 0 Å². The van der Waals surface area contributed by atoms with E-state index in [4.69, 9.17) is 11.6 Å². The molecular weight excluding hydrogens is 346 g/mol. The molecule has 0 spiro atoms. The van der Waals surface area contributed by atoms with Gasteiger partial charge in [-0.05, 0) is 17.7 Å². The quantitative estimate of drug-likeness (QED) is 0.635. The average Bonchev–Trinajstić information content (AvgIpc) is 2.68. The first kappa shape index (κ1) is 17.9. The Morgan fingerprint density at radius 1 is 0.846 bits per heavy atom. The van der Waals surface area contributed by atoms with E-state index in [9.17, 15) is 9.90 Å². The summed E-state index contributed by atoms with van der Waals surface area (Å²) < 4.78 is 0. The van der Waals surface area contributed by atoms with Crippen LogP contribution in [0.15, 0.2) is 89.9 Å². The molecule has 0 radical (unpaired) electrons. The summed E-state index contributed by atoms with van der Waals surface area (Å²) >= 11 is 5.91. The Hall–Kier alpha value is -2.91. The highest BCUT2D eigenvalue weighted by molar-refractivity contribution is 6.30. The van der Waals surface area contributed by atoms with Crippen LogP contribution in [-0.2, 0) is 11.2 Å². The lowest BCUT2D eigenvalue weighted by molar-refractivity contribution is -0.138. The van der Waals surface area contributed by atoms with Crippen molar-refractivity contribution < 1.29 is 9.90 Å². The zero-order valence-electron chi connectivity index (χ0n) is 14.0. The molecule has 0 aliphatic carbocycles. The van der Waals surface area contributed by atoms with Crippen molar-refractivity contribution in [1.29, 1.82) is 0 Å². The molecule has 0 fully saturated rings. The molecule has 3 nitrogen and oxygen atoms in total. The van der Waals surface area contributed by atoms with E-state index in [1.54, 1.807) is 12.1 Å². The summed E-state index contributed by atoms with van der Waals surface area (Å²) in [6.45, 7) is 0. The van der Waals surface area contributed by atoms with Gasteiger partial charge < -0.3 is 5.11 Å². The molecule has 1 N–H and O–H groups in total. The van der Waals surface area contributed by atoms with E-state index in [2.05, 4.69) is 4.99 Å². The van der Waals surface area contributed by atoms with Crippen molar-refractivity contribution in [2.45, 2.75) is 12.5 Å².